The molecule has 44 heavy (non-hydrogen) atoms. The number of thioether (sulfide) groups is 1. The molecule has 14 heteroatoms. The summed E-state index contributed by atoms with van der Waals surface area (Å²) >= 11 is 6.67. The van der Waals surface area contributed by atoms with Crippen LogP contribution in [0.15, 0.2) is 83.2 Å². The van der Waals surface area contributed by atoms with E-state index in [2.05, 4.69) is 44.2 Å². The number of anilines is 1. The van der Waals surface area contributed by atoms with Gasteiger partial charge in [0.2, 0.25) is 5.11 Å². The van der Waals surface area contributed by atoms with E-state index in [1.54, 1.807) is 11.1 Å². The lowest BCUT2D eigenvalue weighted by molar-refractivity contribution is -0.274. The van der Waals surface area contributed by atoms with E-state index in [0.717, 1.165) is 27.9 Å². The third kappa shape index (κ3) is 7.61. The molecule has 0 bridgehead atoms. The summed E-state index contributed by atoms with van der Waals surface area (Å²) in [5, 5.41) is 9.15. The number of hydrogen-bond acceptors (Lipinski definition) is 6. The average Bonchev–Trinajstić information content (AvgIpc) is 3.60. The quantitative estimate of drug-likeness (QED) is 0.0742. The standard InChI is InChI=1S/C30H27F4N7OS2/c1-18(2)24-13-4-19(3)14-25(24)41-26(31)16-44-29(41)37-28(43)38-36-15-20-5-7-21(8-6-20)27-35-17-40(39-27)22-9-11-23(12-10-22)42-30(32,33)34/h4-15,17-18,26H,16H2,1-3H3,(H,38,43)/b36-15+,37-29-. The molecule has 8 nitrogen and oxygen atoms in total. The maximum absolute atomic E-state index is 15.0. The number of hydrazone groups is 1. The van der Waals surface area contributed by atoms with E-state index in [1.807, 2.05) is 49.4 Å². The van der Waals surface area contributed by atoms with E-state index >= 15 is 4.39 Å². The van der Waals surface area contributed by atoms with Gasteiger partial charge in [-0.3, -0.25) is 10.3 Å². The summed E-state index contributed by atoms with van der Waals surface area (Å²) in [7, 11) is 0. The smallest absolute Gasteiger partial charge is 0.406 e. The Morgan fingerprint density at radius 2 is 1.84 bits per heavy atom. The molecular weight excluding hydrogens is 615 g/mol. The maximum Gasteiger partial charge on any atom is 0.573 e. The van der Waals surface area contributed by atoms with Crippen LogP contribution in [0.4, 0.5) is 23.2 Å². The summed E-state index contributed by atoms with van der Waals surface area (Å²) in [4.78, 5) is 10.3. The molecule has 1 aromatic heterocycles. The largest absolute Gasteiger partial charge is 0.573 e. The minimum atomic E-state index is -4.76. The Balaban J connectivity index is 1.21. The molecule has 1 fully saturated rings. The number of benzene rings is 3. The number of amidine groups is 1. The van der Waals surface area contributed by atoms with Crippen LogP contribution in [0.3, 0.4) is 0 Å². The predicted octanol–water partition coefficient (Wildman–Crippen LogP) is 7.38. The van der Waals surface area contributed by atoms with Crippen molar-refractivity contribution in [2.45, 2.75) is 39.3 Å². The van der Waals surface area contributed by atoms with Gasteiger partial charge in [-0.25, -0.2) is 14.1 Å². The number of nitrogens with one attached hydrogen (secondary N) is 1. The molecule has 3 aromatic carbocycles. The first kappa shape index (κ1) is 31.1. The van der Waals surface area contributed by atoms with Gasteiger partial charge in [0.15, 0.2) is 17.3 Å². The Morgan fingerprint density at radius 3 is 2.52 bits per heavy atom. The zero-order valence-corrected chi connectivity index (χ0v) is 25.4. The van der Waals surface area contributed by atoms with E-state index in [-0.39, 0.29) is 22.5 Å². The van der Waals surface area contributed by atoms with Crippen LogP contribution in [0.5, 0.6) is 5.75 Å². The Kier molecular flexibility index (Phi) is 9.30. The Bertz CT molecular complexity index is 1690. The van der Waals surface area contributed by atoms with E-state index in [1.165, 1.54) is 47.0 Å². The lowest BCUT2D eigenvalue weighted by Gasteiger charge is -2.25. The topological polar surface area (TPSA) is 79.9 Å². The number of halogens is 4. The SMILES string of the molecule is Cc1ccc(C(C)C)c(N2/C(=N/C(=S)N/N=C/c3ccc(-c4ncn(-c5ccc(OC(F)(F)F)cc5)n4)cc3)SCC2F)c1. The molecule has 1 N–H and O–H groups in total. The highest BCUT2D eigenvalue weighted by Crippen LogP contribution is 2.37. The van der Waals surface area contributed by atoms with Crippen molar-refractivity contribution in [1.82, 2.24) is 20.2 Å². The number of nitrogens with zero attached hydrogens (tertiary/aromatic N) is 6. The van der Waals surface area contributed by atoms with Gasteiger partial charge in [-0.1, -0.05) is 62.0 Å². The van der Waals surface area contributed by atoms with E-state index < -0.39 is 12.7 Å². The summed E-state index contributed by atoms with van der Waals surface area (Å²) in [5.41, 5.74) is 7.59. The molecule has 1 aliphatic rings. The van der Waals surface area contributed by atoms with E-state index in [9.17, 15) is 13.2 Å². The van der Waals surface area contributed by atoms with Gasteiger partial charge < -0.3 is 4.74 Å². The number of ether oxygens (including phenoxy) is 1. The van der Waals surface area contributed by atoms with Gasteiger partial charge in [0.1, 0.15) is 12.1 Å². The highest BCUT2D eigenvalue weighted by atomic mass is 32.2. The first-order valence-corrected chi connectivity index (χ1v) is 14.8. The minimum absolute atomic E-state index is 0.103. The van der Waals surface area contributed by atoms with Crippen molar-refractivity contribution in [2.24, 2.45) is 10.1 Å². The van der Waals surface area contributed by atoms with Gasteiger partial charge in [0.25, 0.3) is 0 Å². The molecule has 0 spiro atoms. The molecular formula is C30H27F4N7OS2. The molecule has 0 saturated carbocycles. The molecule has 1 saturated heterocycles. The van der Waals surface area contributed by atoms with Crippen molar-refractivity contribution in [3.05, 3.63) is 89.7 Å². The van der Waals surface area contributed by atoms with Gasteiger partial charge in [-0.15, -0.1) is 18.3 Å². The Labute approximate surface area is 260 Å². The highest BCUT2D eigenvalue weighted by Gasteiger charge is 2.34. The van der Waals surface area contributed by atoms with Gasteiger partial charge in [-0.05, 0) is 72.1 Å². The minimum Gasteiger partial charge on any atom is -0.406 e. The van der Waals surface area contributed by atoms with Crippen LogP contribution in [0.1, 0.15) is 36.5 Å². The average molecular weight is 642 g/mol. The maximum atomic E-state index is 15.0. The summed E-state index contributed by atoms with van der Waals surface area (Å²) in [6.45, 7) is 6.11. The normalized spacial score (nSPS) is 16.3. The zero-order chi connectivity index (χ0) is 31.4. The van der Waals surface area contributed by atoms with Crippen LogP contribution in [0, 0.1) is 6.92 Å². The van der Waals surface area contributed by atoms with Crippen molar-refractivity contribution in [3.63, 3.8) is 0 Å². The zero-order valence-electron chi connectivity index (χ0n) is 23.8. The van der Waals surface area contributed by atoms with Gasteiger partial charge in [0.05, 0.1) is 17.7 Å². The van der Waals surface area contributed by atoms with Crippen LogP contribution in [-0.4, -0.2) is 49.7 Å². The van der Waals surface area contributed by atoms with Crippen molar-refractivity contribution in [3.8, 4) is 22.8 Å². The van der Waals surface area contributed by atoms with Crippen LogP contribution >= 0.6 is 24.0 Å². The number of rotatable bonds is 7. The molecule has 1 aliphatic heterocycles. The second kappa shape index (κ2) is 13.1. The first-order chi connectivity index (χ1) is 21.0. The van der Waals surface area contributed by atoms with Crippen LogP contribution in [0.25, 0.3) is 17.1 Å². The molecule has 4 aromatic rings. The number of alkyl halides is 4. The van der Waals surface area contributed by atoms with E-state index in [0.29, 0.717) is 16.7 Å². The summed E-state index contributed by atoms with van der Waals surface area (Å²) < 4.78 is 57.6. The summed E-state index contributed by atoms with van der Waals surface area (Å²) in [6.07, 6.45) is -2.94. The lowest BCUT2D eigenvalue weighted by atomic mass is 9.99. The fourth-order valence-electron chi connectivity index (χ4n) is 4.41. The fourth-order valence-corrected chi connectivity index (χ4v) is 5.55. The number of hydrogen-bond donors (Lipinski definition) is 1. The first-order valence-electron chi connectivity index (χ1n) is 13.4. The van der Waals surface area contributed by atoms with Crippen LogP contribution < -0.4 is 15.1 Å². The summed E-state index contributed by atoms with van der Waals surface area (Å²) in [5.74, 6) is 0.563. The highest BCUT2D eigenvalue weighted by molar-refractivity contribution is 8.14. The number of aryl methyl sites for hydroxylation is 1. The van der Waals surface area contributed by atoms with Crippen molar-refractivity contribution in [2.75, 3.05) is 10.7 Å². The summed E-state index contributed by atoms with van der Waals surface area (Å²) in [6, 6.07) is 18.6. The van der Waals surface area contributed by atoms with Crippen molar-refractivity contribution in [1.29, 1.82) is 0 Å². The van der Waals surface area contributed by atoms with Gasteiger partial charge in [-0.2, -0.15) is 10.1 Å². The third-order valence-electron chi connectivity index (χ3n) is 6.47. The fraction of sp³-hybridized carbons (Fsp3) is 0.233. The molecule has 1 atom stereocenters. The molecule has 0 amide bonds. The number of aromatic nitrogens is 3. The lowest BCUT2D eigenvalue weighted by Crippen LogP contribution is -2.32. The van der Waals surface area contributed by atoms with Crippen LogP contribution in [-0.2, 0) is 0 Å². The second-order valence-electron chi connectivity index (χ2n) is 10.1. The molecule has 0 aliphatic carbocycles. The molecule has 2 heterocycles. The van der Waals surface area contributed by atoms with Gasteiger partial charge in [0, 0.05) is 11.3 Å². The van der Waals surface area contributed by atoms with Crippen LogP contribution in [0.2, 0.25) is 0 Å². The van der Waals surface area contributed by atoms with E-state index in [4.69, 9.17) is 12.2 Å². The monoisotopic (exact) mass is 641 g/mol. The molecule has 0 radical (unpaired) electrons. The van der Waals surface area contributed by atoms with Crippen molar-refractivity contribution >= 4 is 46.2 Å². The Morgan fingerprint density at radius 1 is 1.11 bits per heavy atom. The number of aliphatic imine (C=N–C) groups is 1. The van der Waals surface area contributed by atoms with Gasteiger partial charge >= 0.3 is 6.36 Å². The molecule has 228 valence electrons. The Hall–Kier alpha value is -4.30. The number of thiocarbonyl (C=S) groups is 1. The second-order valence-corrected chi connectivity index (χ2v) is 11.5. The predicted molar refractivity (Wildman–Crippen MR) is 169 cm³/mol. The third-order valence-corrected chi connectivity index (χ3v) is 7.64. The van der Waals surface area contributed by atoms with Crippen molar-refractivity contribution < 1.29 is 22.3 Å². The molecule has 1 unspecified atom stereocenters. The molecule has 5 rings (SSSR count).